The Hall–Kier alpha value is -2.46. The van der Waals surface area contributed by atoms with Crippen LogP contribution in [-0.2, 0) is 9.59 Å². The number of anilines is 1. The maximum absolute atomic E-state index is 12.6. The predicted molar refractivity (Wildman–Crippen MR) is 118 cm³/mol. The molecular formula is C24H33N5O2. The van der Waals surface area contributed by atoms with Crippen LogP contribution < -0.4 is 4.90 Å². The van der Waals surface area contributed by atoms with Crippen LogP contribution in [0.15, 0.2) is 18.3 Å². The lowest BCUT2D eigenvalue weighted by molar-refractivity contribution is -0.153. The van der Waals surface area contributed by atoms with Gasteiger partial charge in [-0.05, 0) is 56.7 Å². The molecule has 1 aromatic heterocycles. The van der Waals surface area contributed by atoms with E-state index in [1.807, 2.05) is 6.07 Å². The second-order valence-electron chi connectivity index (χ2n) is 9.52. The van der Waals surface area contributed by atoms with Gasteiger partial charge in [-0.25, -0.2) is 4.98 Å². The van der Waals surface area contributed by atoms with Crippen LogP contribution in [0.5, 0.6) is 0 Å². The Morgan fingerprint density at radius 3 is 2.52 bits per heavy atom. The average molecular weight is 424 g/mol. The Labute approximate surface area is 185 Å². The number of aromatic nitrogens is 1. The highest BCUT2D eigenvalue weighted by atomic mass is 16.2. The number of amides is 2. The molecule has 4 rings (SSSR count). The monoisotopic (exact) mass is 423 g/mol. The fourth-order valence-electron chi connectivity index (χ4n) is 5.60. The molecule has 0 bridgehead atoms. The number of carbonyl (C=O) groups excluding carboxylic acids is 2. The molecule has 31 heavy (non-hydrogen) atoms. The molecule has 1 aliphatic carbocycles. The zero-order valence-corrected chi connectivity index (χ0v) is 18.6. The Kier molecular flexibility index (Phi) is 6.57. The first-order chi connectivity index (χ1) is 15.0. The molecule has 166 valence electrons. The van der Waals surface area contributed by atoms with E-state index in [0.29, 0.717) is 31.0 Å². The maximum atomic E-state index is 12.6. The molecule has 1 atom stereocenters. The zero-order chi connectivity index (χ0) is 21.8. The number of nitriles is 1. The summed E-state index contributed by atoms with van der Waals surface area (Å²) in [5.74, 6) is 0.867. The summed E-state index contributed by atoms with van der Waals surface area (Å²) in [6.07, 6.45) is 9.09. The highest BCUT2D eigenvalue weighted by Crippen LogP contribution is 2.46. The van der Waals surface area contributed by atoms with Crippen molar-refractivity contribution in [2.45, 2.75) is 64.3 Å². The first kappa shape index (κ1) is 21.8. The van der Waals surface area contributed by atoms with Crippen LogP contribution in [0.2, 0.25) is 0 Å². The van der Waals surface area contributed by atoms with Crippen LogP contribution in [0.25, 0.3) is 0 Å². The predicted octanol–water partition coefficient (Wildman–Crippen LogP) is 2.95. The van der Waals surface area contributed by atoms with Crippen molar-refractivity contribution in [2.24, 2.45) is 5.41 Å². The van der Waals surface area contributed by atoms with Crippen LogP contribution in [0.1, 0.15) is 63.9 Å². The van der Waals surface area contributed by atoms with Crippen LogP contribution >= 0.6 is 0 Å². The average Bonchev–Trinajstić information content (AvgIpc) is 3.20. The van der Waals surface area contributed by atoms with E-state index >= 15 is 0 Å². The van der Waals surface area contributed by atoms with Gasteiger partial charge in [-0.3, -0.25) is 19.4 Å². The molecule has 1 saturated carbocycles. The molecule has 2 amide bonds. The molecule has 3 aliphatic rings. The lowest BCUT2D eigenvalue weighted by Crippen LogP contribution is -2.52. The topological polar surface area (TPSA) is 80.5 Å². The fraction of sp³-hybridized carbons (Fsp3) is 0.667. The smallest absolute Gasteiger partial charge is 0.229 e. The van der Waals surface area contributed by atoms with Crippen molar-refractivity contribution < 1.29 is 9.59 Å². The molecule has 0 N–H and O–H groups in total. The van der Waals surface area contributed by atoms with E-state index in [0.717, 1.165) is 70.5 Å². The van der Waals surface area contributed by atoms with Gasteiger partial charge in [0.15, 0.2) is 0 Å². The number of likely N-dealkylation sites (tertiary alicyclic amines) is 1. The number of carbonyl (C=O) groups is 2. The SMILES string of the molecule is CC1CN(c2ncccc2C#N)CCN1CCCCN1C(=O)CC2(CCCC2)CC1=O. The van der Waals surface area contributed by atoms with Gasteiger partial charge in [0.25, 0.3) is 0 Å². The van der Waals surface area contributed by atoms with Gasteiger partial charge in [0.1, 0.15) is 11.9 Å². The summed E-state index contributed by atoms with van der Waals surface area (Å²) < 4.78 is 0. The van der Waals surface area contributed by atoms with Crippen molar-refractivity contribution >= 4 is 17.6 Å². The van der Waals surface area contributed by atoms with Crippen LogP contribution in [0.3, 0.4) is 0 Å². The third-order valence-corrected chi connectivity index (χ3v) is 7.37. The molecular weight excluding hydrogens is 390 g/mol. The third-order valence-electron chi connectivity index (χ3n) is 7.37. The molecule has 1 spiro atoms. The molecule has 0 aromatic carbocycles. The van der Waals surface area contributed by atoms with E-state index in [-0.39, 0.29) is 17.2 Å². The number of pyridine rings is 1. The van der Waals surface area contributed by atoms with Crippen molar-refractivity contribution in [3.63, 3.8) is 0 Å². The number of rotatable bonds is 6. The van der Waals surface area contributed by atoms with E-state index in [1.54, 1.807) is 12.3 Å². The van der Waals surface area contributed by atoms with Crippen LogP contribution in [0, 0.1) is 16.7 Å². The van der Waals surface area contributed by atoms with E-state index < -0.39 is 0 Å². The van der Waals surface area contributed by atoms with Gasteiger partial charge in [-0.2, -0.15) is 5.26 Å². The van der Waals surface area contributed by atoms with Gasteiger partial charge in [-0.15, -0.1) is 0 Å². The number of piperidine rings is 1. The zero-order valence-electron chi connectivity index (χ0n) is 18.6. The van der Waals surface area contributed by atoms with Crippen molar-refractivity contribution in [3.05, 3.63) is 23.9 Å². The summed E-state index contributed by atoms with van der Waals surface area (Å²) in [6.45, 7) is 6.34. The van der Waals surface area contributed by atoms with Crippen molar-refractivity contribution in [3.8, 4) is 6.07 Å². The largest absolute Gasteiger partial charge is 0.353 e. The minimum absolute atomic E-state index is 0.0151. The summed E-state index contributed by atoms with van der Waals surface area (Å²) in [4.78, 5) is 35.8. The number of hydrogen-bond donors (Lipinski definition) is 0. The summed E-state index contributed by atoms with van der Waals surface area (Å²) in [7, 11) is 0. The quantitative estimate of drug-likeness (QED) is 0.517. The van der Waals surface area contributed by atoms with Gasteiger partial charge in [0.05, 0.1) is 5.56 Å². The number of piperazine rings is 1. The van der Waals surface area contributed by atoms with E-state index in [1.165, 1.54) is 4.90 Å². The van der Waals surface area contributed by atoms with Crippen molar-refractivity contribution in [2.75, 3.05) is 37.6 Å². The van der Waals surface area contributed by atoms with E-state index in [4.69, 9.17) is 0 Å². The molecule has 1 unspecified atom stereocenters. The van der Waals surface area contributed by atoms with E-state index in [2.05, 4.69) is 27.8 Å². The molecule has 1 aromatic rings. The molecule has 2 aliphatic heterocycles. The minimum Gasteiger partial charge on any atom is -0.353 e. The normalized spacial score (nSPS) is 24.1. The minimum atomic E-state index is -0.0151. The van der Waals surface area contributed by atoms with Gasteiger partial charge < -0.3 is 4.90 Å². The van der Waals surface area contributed by atoms with Gasteiger partial charge in [0.2, 0.25) is 11.8 Å². The Balaban J connectivity index is 1.22. The molecule has 7 nitrogen and oxygen atoms in total. The highest BCUT2D eigenvalue weighted by molar-refractivity contribution is 5.98. The third kappa shape index (κ3) is 4.74. The van der Waals surface area contributed by atoms with Gasteiger partial charge in [-0.1, -0.05) is 12.8 Å². The lowest BCUT2D eigenvalue weighted by Gasteiger charge is -2.41. The second kappa shape index (κ2) is 9.35. The number of unbranched alkanes of at least 4 members (excludes halogenated alkanes) is 1. The standard InChI is InChI=1S/C24H33N5O2/c1-19-18-28(23-20(17-25)7-6-10-26-23)14-13-27(19)11-4-5-12-29-21(30)15-24(16-22(29)31)8-2-3-9-24/h6-7,10,19H,2-5,8-9,11-16,18H2,1H3. The maximum Gasteiger partial charge on any atom is 0.229 e. The number of nitrogens with zero attached hydrogens (tertiary/aromatic N) is 5. The first-order valence-corrected chi connectivity index (χ1v) is 11.7. The molecule has 7 heteroatoms. The van der Waals surface area contributed by atoms with E-state index in [9.17, 15) is 14.9 Å². The highest BCUT2D eigenvalue weighted by Gasteiger charge is 2.44. The molecule has 3 heterocycles. The van der Waals surface area contributed by atoms with Crippen LogP contribution in [0.4, 0.5) is 5.82 Å². The summed E-state index contributed by atoms with van der Waals surface area (Å²) in [6, 6.07) is 6.22. The fourth-order valence-corrected chi connectivity index (χ4v) is 5.60. The van der Waals surface area contributed by atoms with Gasteiger partial charge in [0, 0.05) is 51.3 Å². The number of imide groups is 1. The van der Waals surface area contributed by atoms with Gasteiger partial charge >= 0.3 is 0 Å². The Morgan fingerprint density at radius 1 is 1.13 bits per heavy atom. The van der Waals surface area contributed by atoms with Crippen LogP contribution in [-0.4, -0.2) is 65.4 Å². The van der Waals surface area contributed by atoms with Crippen molar-refractivity contribution in [1.29, 1.82) is 5.26 Å². The molecule has 2 saturated heterocycles. The summed E-state index contributed by atoms with van der Waals surface area (Å²) >= 11 is 0. The first-order valence-electron chi connectivity index (χ1n) is 11.7. The molecule has 0 radical (unpaired) electrons. The molecule has 3 fully saturated rings. The second-order valence-corrected chi connectivity index (χ2v) is 9.52. The Bertz CT molecular complexity index is 838. The lowest BCUT2D eigenvalue weighted by atomic mass is 9.76. The number of hydrogen-bond acceptors (Lipinski definition) is 6. The summed E-state index contributed by atoms with van der Waals surface area (Å²) in [5.41, 5.74) is 0.608. The Morgan fingerprint density at radius 2 is 1.84 bits per heavy atom. The van der Waals surface area contributed by atoms with Crippen molar-refractivity contribution in [1.82, 2.24) is 14.8 Å². The summed E-state index contributed by atoms with van der Waals surface area (Å²) in [5, 5.41) is 9.34.